The zero-order valence-electron chi connectivity index (χ0n) is 18.5. The number of ether oxygens (including phenoxy) is 2. The fourth-order valence-corrected chi connectivity index (χ4v) is 12.2. The second kappa shape index (κ2) is 5.80. The van der Waals surface area contributed by atoms with Crippen molar-refractivity contribution in [1.82, 2.24) is 0 Å². The molecule has 7 aliphatic carbocycles. The van der Waals surface area contributed by atoms with Crippen molar-refractivity contribution in [3.8, 4) is 0 Å². The van der Waals surface area contributed by atoms with E-state index in [-0.39, 0.29) is 18.0 Å². The van der Waals surface area contributed by atoms with Crippen molar-refractivity contribution in [3.05, 3.63) is 12.2 Å². The molecule has 2 saturated heterocycles. The fourth-order valence-electron chi connectivity index (χ4n) is 12.2. The molecule has 0 aromatic carbocycles. The summed E-state index contributed by atoms with van der Waals surface area (Å²) in [6.07, 6.45) is 17.8. The third-order valence-corrected chi connectivity index (χ3v) is 12.7. The molecule has 15 atom stereocenters. The smallest absolute Gasteiger partial charge is 0.309 e. The second-order valence-electron chi connectivity index (χ2n) is 13.2. The van der Waals surface area contributed by atoms with E-state index < -0.39 is 0 Å². The molecule has 0 amide bonds. The first-order valence-corrected chi connectivity index (χ1v) is 13.8. The first kappa shape index (κ1) is 17.6. The first-order chi connectivity index (χ1) is 15.3. The van der Waals surface area contributed by atoms with E-state index in [1.165, 1.54) is 38.5 Å². The summed E-state index contributed by atoms with van der Waals surface area (Å²) in [5.74, 6) is 10.5. The van der Waals surface area contributed by atoms with Gasteiger partial charge in [-0.25, -0.2) is 0 Å². The van der Waals surface area contributed by atoms with Gasteiger partial charge in [-0.15, -0.1) is 0 Å². The van der Waals surface area contributed by atoms with Crippen LogP contribution in [0.15, 0.2) is 12.2 Å². The Morgan fingerprint density at radius 2 is 1.39 bits per heavy atom. The minimum absolute atomic E-state index is 0.170. The first-order valence-electron chi connectivity index (χ1n) is 13.8. The lowest BCUT2D eigenvalue weighted by Gasteiger charge is -2.48. The highest BCUT2D eigenvalue weighted by atomic mass is 16.5. The van der Waals surface area contributed by atoms with Gasteiger partial charge in [-0.1, -0.05) is 18.6 Å². The molecule has 0 N–H and O–H groups in total. The van der Waals surface area contributed by atoms with Gasteiger partial charge in [-0.05, 0) is 122 Å². The van der Waals surface area contributed by atoms with Crippen LogP contribution < -0.4 is 0 Å². The van der Waals surface area contributed by atoms with E-state index in [1.54, 1.807) is 0 Å². The van der Waals surface area contributed by atoms with Crippen LogP contribution in [-0.2, 0) is 14.3 Å². The van der Waals surface area contributed by atoms with E-state index in [9.17, 15) is 4.79 Å². The van der Waals surface area contributed by atoms with Gasteiger partial charge in [0.05, 0.1) is 18.1 Å². The number of fused-ring (bicyclic) bond motifs is 23. The zero-order chi connectivity index (χ0) is 20.0. The third kappa shape index (κ3) is 1.98. The molecule has 6 saturated carbocycles. The predicted octanol–water partition coefficient (Wildman–Crippen LogP) is 4.85. The van der Waals surface area contributed by atoms with E-state index in [0.29, 0.717) is 24.0 Å². The molecule has 2 heterocycles. The van der Waals surface area contributed by atoms with Crippen LogP contribution in [0.4, 0.5) is 0 Å². The van der Waals surface area contributed by atoms with Gasteiger partial charge in [0.2, 0.25) is 0 Å². The molecule has 8 fully saturated rings. The van der Waals surface area contributed by atoms with Gasteiger partial charge >= 0.3 is 5.97 Å². The highest BCUT2D eigenvalue weighted by Crippen LogP contribution is 2.77. The highest BCUT2D eigenvalue weighted by molar-refractivity contribution is 5.74. The summed E-state index contributed by atoms with van der Waals surface area (Å²) in [6.45, 7) is 0. The monoisotopic (exact) mass is 420 g/mol. The SMILES string of the molecule is O=C(OC1CCCCC1)C1CC2CC1C1C3OC(C21)C1C2CC(C4C5C=CC(C5)C24)C31. The lowest BCUT2D eigenvalue weighted by Crippen LogP contribution is -2.50. The molecule has 9 aliphatic rings. The molecule has 0 aromatic heterocycles. The molecule has 31 heavy (non-hydrogen) atoms. The van der Waals surface area contributed by atoms with Crippen molar-refractivity contribution in [2.75, 3.05) is 0 Å². The van der Waals surface area contributed by atoms with Gasteiger partial charge in [0.1, 0.15) is 6.10 Å². The number of allylic oxidation sites excluding steroid dienone is 2. The van der Waals surface area contributed by atoms with Crippen molar-refractivity contribution in [2.24, 2.45) is 76.9 Å². The lowest BCUT2D eigenvalue weighted by molar-refractivity contribution is -0.159. The third-order valence-electron chi connectivity index (χ3n) is 12.7. The van der Waals surface area contributed by atoms with Crippen LogP contribution in [0.2, 0.25) is 0 Å². The summed E-state index contributed by atoms with van der Waals surface area (Å²) in [4.78, 5) is 13.2. The molecular weight excluding hydrogens is 384 g/mol. The largest absolute Gasteiger partial charge is 0.462 e. The molecule has 0 aromatic rings. The van der Waals surface area contributed by atoms with Gasteiger partial charge in [0, 0.05) is 0 Å². The Balaban J connectivity index is 0.989. The summed E-state index contributed by atoms with van der Waals surface area (Å²) in [5, 5.41) is 0. The number of hydrogen-bond donors (Lipinski definition) is 0. The Morgan fingerprint density at radius 3 is 2.13 bits per heavy atom. The Labute approximate surface area is 185 Å². The maximum Gasteiger partial charge on any atom is 0.309 e. The lowest BCUT2D eigenvalue weighted by atomic mass is 9.54. The topological polar surface area (TPSA) is 35.5 Å². The Kier molecular flexibility index (Phi) is 3.30. The van der Waals surface area contributed by atoms with Crippen molar-refractivity contribution >= 4 is 5.97 Å². The molecule has 166 valence electrons. The molecular formula is C28H36O3. The number of carbonyl (C=O) groups is 1. The van der Waals surface area contributed by atoms with E-state index in [1.807, 2.05) is 0 Å². The zero-order valence-corrected chi connectivity index (χ0v) is 18.5. The number of rotatable bonds is 2. The summed E-state index contributed by atoms with van der Waals surface area (Å²) in [7, 11) is 0. The van der Waals surface area contributed by atoms with Gasteiger partial charge < -0.3 is 9.47 Å². The maximum absolute atomic E-state index is 13.2. The van der Waals surface area contributed by atoms with Gasteiger partial charge in [0.15, 0.2) is 0 Å². The standard InChI is InChI=1S/C28H36O3/c29-28(30-15-4-2-1-3-5-15)17-10-14-9-16(17)23-22(14)26-24-18-11-19(25(24)27(23)31-26)21-13-7-6-12(8-13)20(18)21/h6-7,12-27H,1-5,8-11H2. The van der Waals surface area contributed by atoms with Gasteiger partial charge in [0.25, 0.3) is 0 Å². The summed E-state index contributed by atoms with van der Waals surface area (Å²) in [5.41, 5.74) is 0. The molecule has 15 unspecified atom stereocenters. The van der Waals surface area contributed by atoms with Crippen LogP contribution in [0.1, 0.15) is 57.8 Å². The van der Waals surface area contributed by atoms with Gasteiger partial charge in [-0.2, -0.15) is 0 Å². The molecule has 2 aliphatic heterocycles. The van der Waals surface area contributed by atoms with Crippen molar-refractivity contribution in [1.29, 1.82) is 0 Å². The van der Waals surface area contributed by atoms with Crippen LogP contribution in [-0.4, -0.2) is 24.3 Å². The second-order valence-corrected chi connectivity index (χ2v) is 13.2. The van der Waals surface area contributed by atoms with Crippen LogP contribution in [0.3, 0.4) is 0 Å². The Hall–Kier alpha value is -0.830. The van der Waals surface area contributed by atoms with E-state index in [0.717, 1.165) is 78.4 Å². The molecule has 3 heteroatoms. The summed E-state index contributed by atoms with van der Waals surface area (Å²) >= 11 is 0. The molecule has 8 bridgehead atoms. The normalized spacial score (nSPS) is 63.7. The minimum Gasteiger partial charge on any atom is -0.462 e. The number of hydrogen-bond acceptors (Lipinski definition) is 3. The highest BCUT2D eigenvalue weighted by Gasteiger charge is 2.77. The maximum atomic E-state index is 13.2. The van der Waals surface area contributed by atoms with E-state index >= 15 is 0 Å². The van der Waals surface area contributed by atoms with Crippen molar-refractivity contribution in [3.63, 3.8) is 0 Å². The summed E-state index contributed by atoms with van der Waals surface area (Å²) in [6, 6.07) is 0. The van der Waals surface area contributed by atoms with E-state index in [4.69, 9.17) is 9.47 Å². The van der Waals surface area contributed by atoms with Gasteiger partial charge in [-0.3, -0.25) is 4.79 Å². The Morgan fingerprint density at radius 1 is 0.710 bits per heavy atom. The van der Waals surface area contributed by atoms with E-state index in [2.05, 4.69) is 12.2 Å². The number of carbonyl (C=O) groups excluding carboxylic acids is 1. The Bertz CT molecular complexity index is 858. The van der Waals surface area contributed by atoms with Crippen molar-refractivity contribution in [2.45, 2.75) is 76.1 Å². The van der Waals surface area contributed by atoms with Crippen LogP contribution in [0, 0.1) is 76.9 Å². The average Bonchev–Trinajstić information content (AvgIpc) is 3.62. The average molecular weight is 421 g/mol. The molecule has 0 radical (unpaired) electrons. The van der Waals surface area contributed by atoms with Crippen LogP contribution >= 0.6 is 0 Å². The quantitative estimate of drug-likeness (QED) is 0.364. The number of esters is 1. The van der Waals surface area contributed by atoms with Crippen LogP contribution in [0.25, 0.3) is 0 Å². The predicted molar refractivity (Wildman–Crippen MR) is 115 cm³/mol. The fraction of sp³-hybridized carbons (Fsp3) is 0.893. The molecule has 3 nitrogen and oxygen atoms in total. The van der Waals surface area contributed by atoms with Crippen LogP contribution in [0.5, 0.6) is 0 Å². The van der Waals surface area contributed by atoms with Crippen molar-refractivity contribution < 1.29 is 14.3 Å². The molecule has 0 spiro atoms. The summed E-state index contributed by atoms with van der Waals surface area (Å²) < 4.78 is 13.0. The minimum atomic E-state index is 0.170. The molecule has 9 rings (SSSR count).